The molecule has 5 nitrogen and oxygen atoms in total. The summed E-state index contributed by atoms with van der Waals surface area (Å²) in [5.74, 6) is -0.370. The number of halogens is 1. The number of primary amides is 1. The Balaban J connectivity index is 1.77. The second-order valence-corrected chi connectivity index (χ2v) is 5.24. The van der Waals surface area contributed by atoms with Crippen LogP contribution in [0.1, 0.15) is 10.4 Å². The van der Waals surface area contributed by atoms with E-state index < -0.39 is 11.7 Å². The fourth-order valence-corrected chi connectivity index (χ4v) is 2.49. The molecule has 1 heterocycles. The Bertz CT molecular complexity index is 820. The average Bonchev–Trinajstić information content (AvgIpc) is 2.89. The molecule has 0 aliphatic carbocycles. The summed E-state index contributed by atoms with van der Waals surface area (Å²) in [6, 6.07) is 11.5. The zero-order valence-corrected chi connectivity index (χ0v) is 12.1. The van der Waals surface area contributed by atoms with Crippen molar-refractivity contribution in [1.82, 2.24) is 4.98 Å². The molecule has 0 unspecified atom stereocenters. The molecule has 22 heavy (non-hydrogen) atoms. The molecular weight excluding hydrogens is 307 g/mol. The predicted molar refractivity (Wildman–Crippen MR) is 80.3 cm³/mol. The van der Waals surface area contributed by atoms with E-state index in [4.69, 9.17) is 14.9 Å². The first-order valence-corrected chi connectivity index (χ1v) is 7.32. The zero-order valence-electron chi connectivity index (χ0n) is 11.3. The van der Waals surface area contributed by atoms with Crippen molar-refractivity contribution < 1.29 is 18.3 Å². The number of oxazole rings is 1. The predicted octanol–water partition coefficient (Wildman–Crippen LogP) is 3.19. The van der Waals surface area contributed by atoms with Crippen LogP contribution in [0.5, 0.6) is 5.75 Å². The molecule has 2 N–H and O–H groups in total. The summed E-state index contributed by atoms with van der Waals surface area (Å²) < 4.78 is 24.4. The Kier molecular flexibility index (Phi) is 3.97. The number of carbonyl (C=O) groups is 1. The van der Waals surface area contributed by atoms with Crippen molar-refractivity contribution in [2.75, 3.05) is 5.94 Å². The van der Waals surface area contributed by atoms with Gasteiger partial charge in [0.15, 0.2) is 5.58 Å². The highest BCUT2D eigenvalue weighted by molar-refractivity contribution is 7.98. The van der Waals surface area contributed by atoms with Crippen LogP contribution in [-0.4, -0.2) is 16.8 Å². The van der Waals surface area contributed by atoms with Gasteiger partial charge in [0.25, 0.3) is 11.1 Å². The van der Waals surface area contributed by atoms with E-state index in [0.29, 0.717) is 0 Å². The number of nitrogens with two attached hydrogens (primary N) is 1. The van der Waals surface area contributed by atoms with Crippen LogP contribution in [-0.2, 0) is 0 Å². The minimum atomic E-state index is -0.766. The summed E-state index contributed by atoms with van der Waals surface area (Å²) in [5.41, 5.74) is 5.60. The quantitative estimate of drug-likeness (QED) is 0.577. The van der Waals surface area contributed by atoms with Crippen molar-refractivity contribution in [2.24, 2.45) is 5.73 Å². The lowest BCUT2D eigenvalue weighted by Gasteiger charge is -2.02. The molecule has 7 heteroatoms. The highest BCUT2D eigenvalue weighted by Gasteiger charge is 2.16. The summed E-state index contributed by atoms with van der Waals surface area (Å²) >= 11 is 1.19. The SMILES string of the molecule is NC(=O)c1cc(F)cc2nc(SCOc3ccccc3)oc12. The number of aromatic nitrogens is 1. The third-order valence-electron chi connectivity index (χ3n) is 2.85. The molecule has 3 aromatic rings. The smallest absolute Gasteiger partial charge is 0.260 e. The van der Waals surface area contributed by atoms with Gasteiger partial charge < -0.3 is 14.9 Å². The number of benzene rings is 2. The highest BCUT2D eigenvalue weighted by Crippen LogP contribution is 2.27. The molecule has 0 radical (unpaired) electrons. The third kappa shape index (κ3) is 3.04. The van der Waals surface area contributed by atoms with Gasteiger partial charge >= 0.3 is 0 Å². The molecule has 0 fully saturated rings. The van der Waals surface area contributed by atoms with E-state index in [1.165, 1.54) is 17.8 Å². The molecule has 0 spiro atoms. The third-order valence-corrected chi connectivity index (χ3v) is 3.51. The number of hydrogen-bond donors (Lipinski definition) is 1. The van der Waals surface area contributed by atoms with Gasteiger partial charge in [-0.25, -0.2) is 9.37 Å². The van der Waals surface area contributed by atoms with Crippen molar-refractivity contribution in [3.63, 3.8) is 0 Å². The maximum atomic E-state index is 13.4. The number of ether oxygens (including phenoxy) is 1. The molecule has 2 aromatic carbocycles. The Morgan fingerprint density at radius 1 is 1.32 bits per heavy atom. The number of hydrogen-bond acceptors (Lipinski definition) is 5. The topological polar surface area (TPSA) is 78.4 Å². The van der Waals surface area contributed by atoms with Crippen LogP contribution < -0.4 is 10.5 Å². The van der Waals surface area contributed by atoms with Gasteiger partial charge in [-0.3, -0.25) is 4.79 Å². The van der Waals surface area contributed by atoms with Gasteiger partial charge in [-0.1, -0.05) is 18.2 Å². The van der Waals surface area contributed by atoms with Crippen molar-refractivity contribution >= 4 is 28.8 Å². The maximum absolute atomic E-state index is 13.4. The number of para-hydroxylation sites is 1. The van der Waals surface area contributed by atoms with Crippen LogP contribution in [0.4, 0.5) is 4.39 Å². The van der Waals surface area contributed by atoms with Crippen LogP contribution in [0, 0.1) is 5.82 Å². The number of amides is 1. The van der Waals surface area contributed by atoms with E-state index >= 15 is 0 Å². The molecule has 1 amide bonds. The zero-order chi connectivity index (χ0) is 15.5. The van der Waals surface area contributed by atoms with Gasteiger partial charge in [0.2, 0.25) is 0 Å². The summed E-state index contributed by atoms with van der Waals surface area (Å²) in [6.07, 6.45) is 0. The van der Waals surface area contributed by atoms with Crippen LogP contribution in [0.25, 0.3) is 11.1 Å². The lowest BCUT2D eigenvalue weighted by Crippen LogP contribution is -2.11. The van der Waals surface area contributed by atoms with Gasteiger partial charge in [0.05, 0.1) is 5.56 Å². The Labute approximate surface area is 129 Å². The Morgan fingerprint density at radius 2 is 2.09 bits per heavy atom. The Morgan fingerprint density at radius 3 is 2.82 bits per heavy atom. The Hall–Kier alpha value is -2.54. The van der Waals surface area contributed by atoms with E-state index in [1.54, 1.807) is 0 Å². The van der Waals surface area contributed by atoms with Crippen LogP contribution >= 0.6 is 11.8 Å². The lowest BCUT2D eigenvalue weighted by molar-refractivity contribution is 0.100. The first kappa shape index (κ1) is 14.4. The maximum Gasteiger partial charge on any atom is 0.260 e. The number of nitrogens with zero attached hydrogens (tertiary/aromatic N) is 1. The molecular formula is C15H11FN2O3S. The van der Waals surface area contributed by atoms with Gasteiger partial charge in [-0.15, -0.1) is 0 Å². The molecule has 0 aliphatic heterocycles. The molecule has 112 valence electrons. The number of fused-ring (bicyclic) bond motifs is 1. The van der Waals surface area contributed by atoms with Gasteiger partial charge in [-0.2, -0.15) is 0 Å². The molecule has 3 rings (SSSR count). The van der Waals surface area contributed by atoms with Gasteiger partial charge in [0, 0.05) is 6.07 Å². The van der Waals surface area contributed by atoms with Gasteiger partial charge in [-0.05, 0) is 30.0 Å². The van der Waals surface area contributed by atoms with E-state index in [1.807, 2.05) is 30.3 Å². The lowest BCUT2D eigenvalue weighted by atomic mass is 10.2. The molecule has 0 atom stereocenters. The monoisotopic (exact) mass is 318 g/mol. The van der Waals surface area contributed by atoms with Crippen LogP contribution in [0.2, 0.25) is 0 Å². The van der Waals surface area contributed by atoms with Gasteiger partial charge in [0.1, 0.15) is 23.0 Å². The standard InChI is InChI=1S/C15H11FN2O3S/c16-9-6-11(14(17)19)13-12(7-9)18-15(21-13)22-8-20-10-4-2-1-3-5-10/h1-7H,8H2,(H2,17,19). The van der Waals surface area contributed by atoms with Crippen molar-refractivity contribution in [3.8, 4) is 5.75 Å². The normalized spacial score (nSPS) is 10.8. The summed E-state index contributed by atoms with van der Waals surface area (Å²) in [5, 5.41) is 0.277. The van der Waals surface area contributed by atoms with E-state index in [9.17, 15) is 9.18 Å². The molecule has 0 saturated heterocycles. The first-order valence-electron chi connectivity index (χ1n) is 6.34. The highest BCUT2D eigenvalue weighted by atomic mass is 32.2. The number of thioether (sulfide) groups is 1. The second kappa shape index (κ2) is 6.07. The molecule has 0 aliphatic rings. The number of rotatable bonds is 5. The largest absolute Gasteiger partial charge is 0.482 e. The van der Waals surface area contributed by atoms with E-state index in [2.05, 4.69) is 4.98 Å². The first-order chi connectivity index (χ1) is 10.6. The molecule has 0 saturated carbocycles. The fourth-order valence-electron chi connectivity index (χ4n) is 1.89. The minimum Gasteiger partial charge on any atom is -0.482 e. The van der Waals surface area contributed by atoms with Crippen molar-refractivity contribution in [2.45, 2.75) is 5.22 Å². The molecule has 1 aromatic heterocycles. The summed E-state index contributed by atoms with van der Waals surface area (Å²) in [4.78, 5) is 15.4. The summed E-state index contributed by atoms with van der Waals surface area (Å²) in [6.45, 7) is 0. The fraction of sp³-hybridized carbons (Fsp3) is 0.0667. The van der Waals surface area contributed by atoms with E-state index in [-0.39, 0.29) is 27.8 Å². The summed E-state index contributed by atoms with van der Waals surface area (Å²) in [7, 11) is 0. The van der Waals surface area contributed by atoms with Crippen molar-refractivity contribution in [1.29, 1.82) is 0 Å². The van der Waals surface area contributed by atoms with E-state index in [0.717, 1.165) is 11.8 Å². The molecule has 0 bridgehead atoms. The minimum absolute atomic E-state index is 0.0293. The van der Waals surface area contributed by atoms with Crippen LogP contribution in [0.3, 0.4) is 0 Å². The second-order valence-electron chi connectivity index (χ2n) is 4.37. The average molecular weight is 318 g/mol. The number of carbonyl (C=O) groups excluding carboxylic acids is 1. The van der Waals surface area contributed by atoms with Crippen molar-refractivity contribution in [3.05, 3.63) is 53.8 Å². The van der Waals surface area contributed by atoms with Crippen LogP contribution in [0.15, 0.2) is 52.1 Å².